The molecule has 100 valence electrons. The van der Waals surface area contributed by atoms with Crippen molar-refractivity contribution in [3.63, 3.8) is 0 Å². The number of hydrogen-bond acceptors (Lipinski definition) is 7. The lowest BCUT2D eigenvalue weighted by Crippen LogP contribution is -2.04. The van der Waals surface area contributed by atoms with Gasteiger partial charge in [0, 0.05) is 18.9 Å². The zero-order chi connectivity index (χ0) is 14.0. The quantitative estimate of drug-likeness (QED) is 0.540. The molecule has 8 nitrogen and oxygen atoms in total. The molecule has 0 amide bonds. The Morgan fingerprint density at radius 1 is 1.42 bits per heavy atom. The van der Waals surface area contributed by atoms with Crippen molar-refractivity contribution in [2.24, 2.45) is 7.05 Å². The van der Waals surface area contributed by atoms with Gasteiger partial charge in [0.05, 0.1) is 11.9 Å². The number of aromatic carboxylic acids is 1. The molecule has 0 aromatic carbocycles. The van der Waals surface area contributed by atoms with E-state index in [-0.39, 0.29) is 17.2 Å². The number of carboxylic acid groups (broad SMARTS) is 1. The number of thioether (sulfide) groups is 1. The minimum absolute atomic E-state index is 0.159. The fraction of sp³-hybridized carbons (Fsp3) is 0.200. The Balaban J connectivity index is 2.18. The number of nitrogen functional groups attached to an aromatic ring is 2. The molecule has 5 N–H and O–H groups in total. The first-order valence-electron chi connectivity index (χ1n) is 5.24. The molecule has 0 fully saturated rings. The number of aromatic nitrogens is 4. The van der Waals surface area contributed by atoms with E-state index in [1.54, 1.807) is 7.05 Å². The van der Waals surface area contributed by atoms with Crippen LogP contribution >= 0.6 is 11.8 Å². The Morgan fingerprint density at radius 2 is 2.05 bits per heavy atom. The van der Waals surface area contributed by atoms with E-state index in [1.807, 2.05) is 0 Å². The topological polar surface area (TPSA) is 133 Å². The van der Waals surface area contributed by atoms with Crippen LogP contribution in [0.2, 0.25) is 0 Å². The SMILES string of the molecule is Cn1ncc(C(=O)O)c1CSc1nc(N)cc(N)n1. The number of nitrogens with two attached hydrogens (primary N) is 2. The van der Waals surface area contributed by atoms with Crippen LogP contribution in [0.4, 0.5) is 11.6 Å². The molecule has 9 heteroatoms. The molecule has 0 aliphatic heterocycles. The average molecular weight is 280 g/mol. The lowest BCUT2D eigenvalue weighted by atomic mass is 10.3. The molecule has 0 unspecified atom stereocenters. The highest BCUT2D eigenvalue weighted by atomic mass is 32.2. The van der Waals surface area contributed by atoms with Crippen molar-refractivity contribution in [3.05, 3.63) is 23.5 Å². The summed E-state index contributed by atoms with van der Waals surface area (Å²) in [6.45, 7) is 0. The van der Waals surface area contributed by atoms with Crippen LogP contribution in [0, 0.1) is 0 Å². The van der Waals surface area contributed by atoms with Gasteiger partial charge in [-0.1, -0.05) is 11.8 Å². The second-order valence-electron chi connectivity index (χ2n) is 3.72. The largest absolute Gasteiger partial charge is 0.478 e. The van der Waals surface area contributed by atoms with Crippen molar-refractivity contribution in [3.8, 4) is 0 Å². The van der Waals surface area contributed by atoms with E-state index < -0.39 is 5.97 Å². The van der Waals surface area contributed by atoms with Gasteiger partial charge >= 0.3 is 5.97 Å². The number of nitrogens with zero attached hydrogens (tertiary/aromatic N) is 4. The molecule has 0 saturated carbocycles. The Bertz CT molecular complexity index is 606. The predicted molar refractivity (Wildman–Crippen MR) is 70.6 cm³/mol. The van der Waals surface area contributed by atoms with Crippen LogP contribution in [-0.2, 0) is 12.8 Å². The van der Waals surface area contributed by atoms with E-state index in [9.17, 15) is 4.79 Å². The molecule has 2 rings (SSSR count). The second-order valence-corrected chi connectivity index (χ2v) is 4.67. The lowest BCUT2D eigenvalue weighted by molar-refractivity contribution is 0.0696. The van der Waals surface area contributed by atoms with Gasteiger partial charge in [0.1, 0.15) is 17.2 Å². The van der Waals surface area contributed by atoms with E-state index in [1.165, 1.54) is 28.7 Å². The van der Waals surface area contributed by atoms with Crippen molar-refractivity contribution in [2.75, 3.05) is 11.5 Å². The number of hydrogen-bond donors (Lipinski definition) is 3. The number of aryl methyl sites for hydroxylation is 1. The third-order valence-electron chi connectivity index (χ3n) is 2.38. The summed E-state index contributed by atoms with van der Waals surface area (Å²) in [7, 11) is 1.68. The maximum atomic E-state index is 11.0. The molecule has 0 saturated heterocycles. The van der Waals surface area contributed by atoms with Gasteiger partial charge in [-0.15, -0.1) is 0 Å². The van der Waals surface area contributed by atoms with Crippen LogP contribution in [0.25, 0.3) is 0 Å². The van der Waals surface area contributed by atoms with Crippen molar-refractivity contribution >= 4 is 29.4 Å². The molecule has 2 heterocycles. The van der Waals surface area contributed by atoms with Crippen LogP contribution in [0.15, 0.2) is 17.4 Å². The minimum Gasteiger partial charge on any atom is -0.478 e. The van der Waals surface area contributed by atoms with Gasteiger partial charge in [-0.2, -0.15) is 5.10 Å². The smallest absolute Gasteiger partial charge is 0.339 e. The van der Waals surface area contributed by atoms with E-state index in [0.717, 1.165) is 0 Å². The van der Waals surface area contributed by atoms with Gasteiger partial charge in [-0.3, -0.25) is 4.68 Å². The summed E-state index contributed by atoms with van der Waals surface area (Å²) in [6.07, 6.45) is 1.31. The van der Waals surface area contributed by atoms with Crippen molar-refractivity contribution in [2.45, 2.75) is 10.9 Å². The Hall–Kier alpha value is -2.29. The third kappa shape index (κ3) is 2.94. The molecule has 0 aliphatic carbocycles. The van der Waals surface area contributed by atoms with Crippen molar-refractivity contribution in [1.82, 2.24) is 19.7 Å². The molecular weight excluding hydrogens is 268 g/mol. The normalized spacial score (nSPS) is 10.6. The van der Waals surface area contributed by atoms with E-state index >= 15 is 0 Å². The zero-order valence-electron chi connectivity index (χ0n) is 10.1. The molecule has 0 aliphatic rings. The molecule has 2 aromatic heterocycles. The van der Waals surface area contributed by atoms with E-state index in [4.69, 9.17) is 16.6 Å². The molecule has 0 bridgehead atoms. The Labute approximate surface area is 112 Å². The van der Waals surface area contributed by atoms with Gasteiger partial charge in [0.25, 0.3) is 0 Å². The van der Waals surface area contributed by atoms with Gasteiger partial charge in [-0.25, -0.2) is 14.8 Å². The van der Waals surface area contributed by atoms with Gasteiger partial charge in [0.2, 0.25) is 0 Å². The lowest BCUT2D eigenvalue weighted by Gasteiger charge is -2.04. The summed E-state index contributed by atoms with van der Waals surface area (Å²) in [6, 6.07) is 1.46. The number of carboxylic acids is 1. The van der Waals surface area contributed by atoms with E-state index in [0.29, 0.717) is 16.6 Å². The summed E-state index contributed by atoms with van der Waals surface area (Å²) in [5.74, 6) is -0.102. The monoisotopic (exact) mass is 280 g/mol. The summed E-state index contributed by atoms with van der Waals surface area (Å²) < 4.78 is 1.51. The molecule has 0 radical (unpaired) electrons. The Kier molecular flexibility index (Phi) is 3.56. The van der Waals surface area contributed by atoms with Gasteiger partial charge in [-0.05, 0) is 0 Å². The second kappa shape index (κ2) is 5.14. The predicted octanol–water partition coefficient (Wildman–Crippen LogP) is 0.365. The third-order valence-corrected chi connectivity index (χ3v) is 3.23. The zero-order valence-corrected chi connectivity index (χ0v) is 10.9. The van der Waals surface area contributed by atoms with Gasteiger partial charge < -0.3 is 16.6 Å². The Morgan fingerprint density at radius 3 is 2.63 bits per heavy atom. The molecular formula is C10H12N6O2S. The minimum atomic E-state index is -1.02. The first-order valence-corrected chi connectivity index (χ1v) is 6.23. The van der Waals surface area contributed by atoms with Crippen LogP contribution in [0.1, 0.15) is 16.1 Å². The summed E-state index contributed by atoms with van der Waals surface area (Å²) >= 11 is 1.25. The fourth-order valence-electron chi connectivity index (χ4n) is 1.47. The first kappa shape index (κ1) is 13.1. The highest BCUT2D eigenvalue weighted by Gasteiger charge is 2.15. The molecule has 0 atom stereocenters. The molecule has 0 spiro atoms. The summed E-state index contributed by atoms with van der Waals surface area (Å²) in [5, 5.41) is 13.3. The molecule has 19 heavy (non-hydrogen) atoms. The van der Waals surface area contributed by atoms with Crippen LogP contribution < -0.4 is 11.5 Å². The summed E-state index contributed by atoms with van der Waals surface area (Å²) in [5.41, 5.74) is 11.9. The fourth-order valence-corrected chi connectivity index (χ4v) is 2.42. The standard InChI is InChI=1S/C10H12N6O2S/c1-16-6(5(3-13-16)9(17)18)4-19-10-14-7(11)2-8(12)15-10/h2-3H,4H2,1H3,(H,17,18)(H4,11,12,14,15). The van der Waals surface area contributed by atoms with Crippen molar-refractivity contribution in [1.29, 1.82) is 0 Å². The first-order chi connectivity index (χ1) is 8.97. The van der Waals surface area contributed by atoms with Crippen LogP contribution in [0.5, 0.6) is 0 Å². The summed E-state index contributed by atoms with van der Waals surface area (Å²) in [4.78, 5) is 19.0. The maximum absolute atomic E-state index is 11.0. The van der Waals surface area contributed by atoms with Crippen molar-refractivity contribution < 1.29 is 9.90 Å². The number of anilines is 2. The van der Waals surface area contributed by atoms with E-state index in [2.05, 4.69) is 15.1 Å². The number of rotatable bonds is 4. The van der Waals surface area contributed by atoms with Crippen LogP contribution in [-0.4, -0.2) is 30.8 Å². The molecule has 2 aromatic rings. The maximum Gasteiger partial charge on any atom is 0.339 e. The average Bonchev–Trinajstić information content (AvgIpc) is 2.67. The van der Waals surface area contributed by atoms with Gasteiger partial charge in [0.15, 0.2) is 5.16 Å². The highest BCUT2D eigenvalue weighted by molar-refractivity contribution is 7.98. The highest BCUT2D eigenvalue weighted by Crippen LogP contribution is 2.22. The number of carbonyl (C=O) groups is 1. The van der Waals surface area contributed by atoms with Crippen LogP contribution in [0.3, 0.4) is 0 Å².